The molecule has 2 aromatic carbocycles. The second-order valence-electron chi connectivity index (χ2n) is 8.28. The number of amides is 1. The van der Waals surface area contributed by atoms with Gasteiger partial charge >= 0.3 is 0 Å². The van der Waals surface area contributed by atoms with Crippen molar-refractivity contribution in [3.63, 3.8) is 0 Å². The Morgan fingerprint density at radius 1 is 0.882 bits per heavy atom. The van der Waals surface area contributed by atoms with E-state index in [0.717, 1.165) is 11.1 Å². The first kappa shape index (κ1) is 24.2. The Morgan fingerprint density at radius 3 is 2.21 bits per heavy atom. The zero-order valence-corrected chi connectivity index (χ0v) is 20.7. The van der Waals surface area contributed by atoms with Gasteiger partial charge in [0.15, 0.2) is 11.5 Å². The molecule has 1 amide bonds. The molecule has 1 saturated heterocycles. The summed E-state index contributed by atoms with van der Waals surface area (Å²) in [6, 6.07) is 7.70. The fourth-order valence-corrected chi connectivity index (χ4v) is 6.49. The van der Waals surface area contributed by atoms with Crippen LogP contribution >= 0.6 is 0 Å². The predicted molar refractivity (Wildman–Crippen MR) is 125 cm³/mol. The van der Waals surface area contributed by atoms with Crippen molar-refractivity contribution >= 4 is 15.9 Å². The van der Waals surface area contributed by atoms with Crippen molar-refractivity contribution in [2.45, 2.75) is 36.7 Å². The van der Waals surface area contributed by atoms with E-state index in [2.05, 4.69) is 0 Å². The monoisotopic (exact) mass is 490 g/mol. The number of rotatable bonds is 7. The average Bonchev–Trinajstić information content (AvgIpc) is 3.37. The lowest BCUT2D eigenvalue weighted by Crippen LogP contribution is -2.49. The van der Waals surface area contributed by atoms with Crippen LogP contribution in [0.1, 0.15) is 24.0 Å². The van der Waals surface area contributed by atoms with E-state index in [1.165, 1.54) is 24.6 Å². The second-order valence-corrected chi connectivity index (χ2v) is 10.1. The second kappa shape index (κ2) is 9.71. The molecule has 2 aromatic rings. The van der Waals surface area contributed by atoms with Crippen LogP contribution in [0.2, 0.25) is 0 Å². The van der Waals surface area contributed by atoms with E-state index < -0.39 is 16.1 Å². The lowest BCUT2D eigenvalue weighted by molar-refractivity contribution is -0.135. The lowest BCUT2D eigenvalue weighted by atomic mass is 9.98. The van der Waals surface area contributed by atoms with Gasteiger partial charge < -0.3 is 23.8 Å². The molecule has 0 N–H and O–H groups in total. The van der Waals surface area contributed by atoms with Crippen molar-refractivity contribution in [2.75, 3.05) is 41.5 Å². The summed E-state index contributed by atoms with van der Waals surface area (Å²) in [5.74, 6) is 1.68. The maximum atomic E-state index is 13.6. The molecular weight excluding hydrogens is 460 g/mol. The minimum Gasteiger partial charge on any atom is -0.497 e. The third-order valence-electron chi connectivity index (χ3n) is 6.48. The van der Waals surface area contributed by atoms with Crippen molar-refractivity contribution in [3.05, 3.63) is 41.5 Å². The van der Waals surface area contributed by atoms with Crippen molar-refractivity contribution in [1.82, 2.24) is 9.21 Å². The quantitative estimate of drug-likeness (QED) is 0.588. The number of hydrogen-bond donors (Lipinski definition) is 0. The first-order valence-corrected chi connectivity index (χ1v) is 12.5. The fraction of sp³-hybridized carbons (Fsp3) is 0.458. The number of nitrogens with zero attached hydrogens (tertiary/aromatic N) is 2. The van der Waals surface area contributed by atoms with Crippen LogP contribution in [0.25, 0.3) is 0 Å². The summed E-state index contributed by atoms with van der Waals surface area (Å²) < 4.78 is 49.9. The van der Waals surface area contributed by atoms with Gasteiger partial charge in [-0.1, -0.05) is 0 Å². The molecule has 0 bridgehead atoms. The molecule has 0 spiro atoms. The summed E-state index contributed by atoms with van der Waals surface area (Å²) in [5, 5.41) is 0. The summed E-state index contributed by atoms with van der Waals surface area (Å²) in [5.41, 5.74) is 2.07. The maximum absolute atomic E-state index is 13.6. The van der Waals surface area contributed by atoms with Gasteiger partial charge in [0.2, 0.25) is 15.9 Å². The van der Waals surface area contributed by atoms with E-state index in [-0.39, 0.29) is 23.1 Å². The number of sulfonamides is 1. The molecule has 0 radical (unpaired) electrons. The number of fused-ring (bicyclic) bond motifs is 1. The first-order valence-electron chi connectivity index (χ1n) is 11.1. The molecule has 9 nitrogen and oxygen atoms in total. The predicted octanol–water partition coefficient (Wildman–Crippen LogP) is 2.46. The molecule has 2 aliphatic heterocycles. The normalized spacial score (nSPS) is 18.4. The topological polar surface area (TPSA) is 94.6 Å². The molecule has 2 aliphatic rings. The fourth-order valence-electron chi connectivity index (χ4n) is 4.67. The van der Waals surface area contributed by atoms with E-state index in [9.17, 15) is 13.2 Å². The third-order valence-corrected chi connectivity index (χ3v) is 8.41. The molecule has 1 atom stereocenters. The van der Waals surface area contributed by atoms with Crippen molar-refractivity contribution < 1.29 is 32.2 Å². The van der Waals surface area contributed by atoms with Crippen LogP contribution in [0.5, 0.6) is 23.0 Å². The van der Waals surface area contributed by atoms with Crippen LogP contribution in [0.4, 0.5) is 0 Å². The highest BCUT2D eigenvalue weighted by atomic mass is 32.2. The highest BCUT2D eigenvalue weighted by Crippen LogP contribution is 2.36. The summed E-state index contributed by atoms with van der Waals surface area (Å²) in [6.45, 7) is 1.17. The molecule has 34 heavy (non-hydrogen) atoms. The Labute approximate surface area is 200 Å². The summed E-state index contributed by atoms with van der Waals surface area (Å²) in [7, 11) is 2.07. The van der Waals surface area contributed by atoms with Gasteiger partial charge in [-0.2, -0.15) is 4.31 Å². The molecule has 10 heteroatoms. The van der Waals surface area contributed by atoms with Gasteiger partial charge in [-0.25, -0.2) is 8.42 Å². The Balaban J connectivity index is 1.60. The number of methoxy groups -OCH3 is 4. The molecule has 0 unspecified atom stereocenters. The van der Waals surface area contributed by atoms with Gasteiger partial charge in [-0.3, -0.25) is 4.79 Å². The lowest BCUT2D eigenvalue weighted by Gasteiger charge is -2.33. The van der Waals surface area contributed by atoms with Crippen molar-refractivity contribution in [2.24, 2.45) is 0 Å². The SMILES string of the molecule is COc1ccc(OC)c(S(=O)(=O)N2CCC[C@H]2C(=O)N2CCc3cc(OC)c(OC)cc3C2)c1. The van der Waals surface area contributed by atoms with Crippen LogP contribution in [0, 0.1) is 0 Å². The molecule has 184 valence electrons. The molecule has 0 saturated carbocycles. The van der Waals surface area contributed by atoms with Crippen LogP contribution in [-0.4, -0.2) is 71.1 Å². The van der Waals surface area contributed by atoms with Gasteiger partial charge in [-0.05, 0) is 54.7 Å². The van der Waals surface area contributed by atoms with Gasteiger partial charge in [0.25, 0.3) is 0 Å². The standard InChI is InChI=1S/C24H30N2O7S/c1-30-18-7-8-20(31-2)23(14-18)34(28,29)26-10-5-6-19(26)24(27)25-11-9-16-12-21(32-3)22(33-4)13-17(16)15-25/h7-8,12-14,19H,5-6,9-11,15H2,1-4H3/t19-/m0/s1. The smallest absolute Gasteiger partial charge is 0.247 e. The van der Waals surface area contributed by atoms with E-state index in [1.54, 1.807) is 31.3 Å². The Bertz CT molecular complexity index is 1180. The Kier molecular flexibility index (Phi) is 6.90. The highest BCUT2D eigenvalue weighted by molar-refractivity contribution is 7.89. The van der Waals surface area contributed by atoms with Crippen LogP contribution < -0.4 is 18.9 Å². The largest absolute Gasteiger partial charge is 0.497 e. The van der Waals surface area contributed by atoms with Gasteiger partial charge in [-0.15, -0.1) is 0 Å². The van der Waals surface area contributed by atoms with Crippen LogP contribution in [0.15, 0.2) is 35.2 Å². The van der Waals surface area contributed by atoms with E-state index in [0.29, 0.717) is 49.6 Å². The highest BCUT2D eigenvalue weighted by Gasteiger charge is 2.42. The molecular formula is C24H30N2O7S. The molecule has 0 aliphatic carbocycles. The van der Waals surface area contributed by atoms with Gasteiger partial charge in [0, 0.05) is 25.7 Å². The van der Waals surface area contributed by atoms with Crippen LogP contribution in [-0.2, 0) is 27.8 Å². The number of benzene rings is 2. The average molecular weight is 491 g/mol. The molecule has 2 heterocycles. The zero-order chi connectivity index (χ0) is 24.5. The molecule has 0 aromatic heterocycles. The van der Waals surface area contributed by atoms with Gasteiger partial charge in [0.1, 0.15) is 22.4 Å². The minimum atomic E-state index is -3.98. The van der Waals surface area contributed by atoms with Crippen molar-refractivity contribution in [3.8, 4) is 23.0 Å². The van der Waals surface area contributed by atoms with Crippen LogP contribution in [0.3, 0.4) is 0 Å². The third kappa shape index (κ3) is 4.27. The number of ether oxygens (including phenoxy) is 4. The number of hydrogen-bond acceptors (Lipinski definition) is 7. The number of carbonyl (C=O) groups is 1. The molecule has 4 rings (SSSR count). The van der Waals surface area contributed by atoms with E-state index >= 15 is 0 Å². The van der Waals surface area contributed by atoms with Gasteiger partial charge in [0.05, 0.1) is 28.4 Å². The molecule has 1 fully saturated rings. The minimum absolute atomic E-state index is 0.00475. The Hall–Kier alpha value is -2.98. The van der Waals surface area contributed by atoms with E-state index in [4.69, 9.17) is 18.9 Å². The maximum Gasteiger partial charge on any atom is 0.247 e. The summed E-state index contributed by atoms with van der Waals surface area (Å²) in [4.78, 5) is 15.3. The Morgan fingerprint density at radius 2 is 1.56 bits per heavy atom. The summed E-state index contributed by atoms with van der Waals surface area (Å²) >= 11 is 0. The van der Waals surface area contributed by atoms with E-state index in [1.807, 2.05) is 12.1 Å². The van der Waals surface area contributed by atoms with Crippen molar-refractivity contribution in [1.29, 1.82) is 0 Å². The summed E-state index contributed by atoms with van der Waals surface area (Å²) in [6.07, 6.45) is 1.74. The first-order chi connectivity index (χ1) is 16.3. The zero-order valence-electron chi connectivity index (χ0n) is 19.9. The number of carbonyl (C=O) groups excluding carboxylic acids is 1.